The predicted octanol–water partition coefficient (Wildman–Crippen LogP) is 8.69. The minimum atomic E-state index is -0.0621. The molecule has 0 unspecified atom stereocenters. The Kier molecular flexibility index (Phi) is 7.77. The highest BCUT2D eigenvalue weighted by atomic mass is 32.2. The van der Waals surface area contributed by atoms with E-state index < -0.39 is 0 Å². The van der Waals surface area contributed by atoms with E-state index in [2.05, 4.69) is 92.9 Å². The Hall–Kier alpha value is -3.27. The minimum absolute atomic E-state index is 0.0621. The predicted molar refractivity (Wildman–Crippen MR) is 195 cm³/mol. The summed E-state index contributed by atoms with van der Waals surface area (Å²) in [6, 6.07) is 13.4. The molecule has 0 radical (unpaired) electrons. The molecule has 1 aromatic carbocycles. The van der Waals surface area contributed by atoms with Crippen LogP contribution in [0.25, 0.3) is 33.4 Å². The molecule has 3 aromatic heterocycles. The van der Waals surface area contributed by atoms with Crippen molar-refractivity contribution >= 4 is 50.4 Å². The molecule has 0 spiro atoms. The number of thioether (sulfide) groups is 3. The molecule has 0 saturated carbocycles. The van der Waals surface area contributed by atoms with Gasteiger partial charge in [0.05, 0.1) is 31.7 Å². The highest BCUT2D eigenvalue weighted by Gasteiger charge is 2.28. The van der Waals surface area contributed by atoms with Gasteiger partial charge in [0.1, 0.15) is 0 Å². The maximum atomic E-state index is 4.97. The lowest BCUT2D eigenvalue weighted by atomic mass is 9.94. The van der Waals surface area contributed by atoms with Crippen LogP contribution in [0.1, 0.15) is 58.2 Å². The Morgan fingerprint density at radius 3 is 0.867 bits per heavy atom. The van der Waals surface area contributed by atoms with Gasteiger partial charge in [0, 0.05) is 87.8 Å². The van der Waals surface area contributed by atoms with Crippen LogP contribution in [0.3, 0.4) is 0 Å². The molecular formula is C36H36N6S3. The van der Waals surface area contributed by atoms with E-state index in [1.807, 2.05) is 37.2 Å². The van der Waals surface area contributed by atoms with Gasteiger partial charge in [-0.05, 0) is 94.6 Å². The van der Waals surface area contributed by atoms with Crippen LogP contribution >= 0.6 is 35.3 Å². The lowest BCUT2D eigenvalue weighted by molar-refractivity contribution is 0.605. The zero-order chi connectivity index (χ0) is 31.4. The molecule has 228 valence electrons. The molecule has 6 nitrogen and oxygen atoms in total. The molecule has 0 amide bonds. The topological polar surface area (TPSA) is 75.8 Å². The summed E-state index contributed by atoms with van der Waals surface area (Å²) >= 11 is 5.40. The second-order valence-corrected chi connectivity index (χ2v) is 16.6. The molecule has 45 heavy (non-hydrogen) atoms. The Balaban J connectivity index is 1.34. The maximum Gasteiger partial charge on any atom is 0.1000 e. The minimum Gasteiger partial charge on any atom is -0.271 e. The van der Waals surface area contributed by atoms with E-state index in [1.54, 1.807) is 35.3 Å². The van der Waals surface area contributed by atoms with Gasteiger partial charge in [-0.3, -0.25) is 29.9 Å². The van der Waals surface area contributed by atoms with Crippen LogP contribution in [-0.2, 0) is 0 Å². The number of rotatable bonds is 6. The Bertz CT molecular complexity index is 1680. The lowest BCUT2D eigenvalue weighted by Crippen LogP contribution is -2.15. The van der Waals surface area contributed by atoms with Gasteiger partial charge < -0.3 is 0 Å². The standard InChI is InChI=1S/C36H36N6S3/c1-34(2)19-43-31(40-34)28-10-25(13-37-16-28)22-7-23(26-11-29(17-38-14-26)32-41-35(3,4)20-44-32)9-24(8-22)27-12-30(18-39-15-27)33-42-36(5,6)21-45-33/h7-18H,19-21H2,1-6H3. The zero-order valence-electron chi connectivity index (χ0n) is 26.5. The molecule has 0 N–H and O–H groups in total. The van der Waals surface area contributed by atoms with Crippen molar-refractivity contribution in [1.82, 2.24) is 15.0 Å². The van der Waals surface area contributed by atoms with Crippen LogP contribution in [0.4, 0.5) is 0 Å². The van der Waals surface area contributed by atoms with Crippen molar-refractivity contribution in [2.75, 3.05) is 17.3 Å². The number of nitrogens with zero attached hydrogens (tertiary/aromatic N) is 6. The van der Waals surface area contributed by atoms with Crippen molar-refractivity contribution < 1.29 is 0 Å². The van der Waals surface area contributed by atoms with Crippen LogP contribution < -0.4 is 0 Å². The Morgan fingerprint density at radius 2 is 0.622 bits per heavy atom. The highest BCUT2D eigenvalue weighted by molar-refractivity contribution is 8.15. The third-order valence-electron chi connectivity index (χ3n) is 7.79. The SMILES string of the molecule is CC1(C)CSC(c2cncc(-c3cc(-c4cncc(C5=NC(C)(C)CS5)c4)cc(-c4cncc(C5=NC(C)(C)CS5)c4)c3)c2)=N1. The Morgan fingerprint density at radius 1 is 0.378 bits per heavy atom. The van der Waals surface area contributed by atoms with Crippen molar-refractivity contribution in [2.45, 2.75) is 58.2 Å². The number of hydrogen-bond acceptors (Lipinski definition) is 9. The average Bonchev–Trinajstić information content (AvgIpc) is 3.71. The molecule has 4 aromatic rings. The third kappa shape index (κ3) is 6.67. The van der Waals surface area contributed by atoms with Crippen molar-refractivity contribution in [3.63, 3.8) is 0 Å². The summed E-state index contributed by atoms with van der Waals surface area (Å²) in [5.74, 6) is 2.92. The van der Waals surface area contributed by atoms with Crippen LogP contribution in [0.2, 0.25) is 0 Å². The zero-order valence-corrected chi connectivity index (χ0v) is 28.9. The summed E-state index contributed by atoms with van der Waals surface area (Å²) in [4.78, 5) is 28.9. The fourth-order valence-corrected chi connectivity index (χ4v) is 8.90. The molecule has 0 aliphatic carbocycles. The highest BCUT2D eigenvalue weighted by Crippen LogP contribution is 2.37. The van der Waals surface area contributed by atoms with Gasteiger partial charge in [-0.25, -0.2) is 0 Å². The first-order chi connectivity index (χ1) is 21.4. The number of aliphatic imine (C=N–C) groups is 3. The van der Waals surface area contributed by atoms with Crippen LogP contribution in [0.15, 0.2) is 88.6 Å². The normalized spacial score (nSPS) is 19.7. The van der Waals surface area contributed by atoms with E-state index in [1.165, 1.54) is 0 Å². The third-order valence-corrected chi connectivity index (χ3v) is 12.1. The molecule has 0 bridgehead atoms. The molecule has 7 rings (SSSR count). The monoisotopic (exact) mass is 648 g/mol. The van der Waals surface area contributed by atoms with Crippen molar-refractivity contribution in [3.8, 4) is 33.4 Å². The van der Waals surface area contributed by atoms with Crippen molar-refractivity contribution in [1.29, 1.82) is 0 Å². The van der Waals surface area contributed by atoms with Crippen LogP contribution in [0, 0.1) is 0 Å². The number of pyridine rings is 3. The van der Waals surface area contributed by atoms with Gasteiger partial charge in [-0.2, -0.15) is 0 Å². The molecule has 0 fully saturated rings. The molecule has 3 aliphatic heterocycles. The van der Waals surface area contributed by atoms with Crippen LogP contribution in [-0.4, -0.2) is 64.0 Å². The van der Waals surface area contributed by atoms with E-state index in [9.17, 15) is 0 Å². The van der Waals surface area contributed by atoms with E-state index in [0.29, 0.717) is 0 Å². The summed E-state index contributed by atoms with van der Waals surface area (Å²) in [6.45, 7) is 13.1. The molecule has 0 saturated heterocycles. The van der Waals surface area contributed by atoms with E-state index in [-0.39, 0.29) is 16.6 Å². The smallest absolute Gasteiger partial charge is 0.1000 e. The largest absolute Gasteiger partial charge is 0.271 e. The molecule has 9 heteroatoms. The molecule has 3 aliphatic rings. The van der Waals surface area contributed by atoms with Gasteiger partial charge >= 0.3 is 0 Å². The van der Waals surface area contributed by atoms with Crippen molar-refractivity contribution in [3.05, 3.63) is 90.3 Å². The average molecular weight is 649 g/mol. The summed E-state index contributed by atoms with van der Waals surface area (Å²) in [5, 5.41) is 3.15. The first-order valence-corrected chi connectivity index (χ1v) is 18.1. The quantitative estimate of drug-likeness (QED) is 0.208. The van der Waals surface area contributed by atoms with Gasteiger partial charge in [-0.1, -0.05) is 0 Å². The molecular weight excluding hydrogens is 613 g/mol. The van der Waals surface area contributed by atoms with E-state index in [0.717, 1.165) is 82.5 Å². The number of aromatic nitrogens is 3. The van der Waals surface area contributed by atoms with E-state index in [4.69, 9.17) is 15.0 Å². The Labute approximate surface area is 278 Å². The first-order valence-electron chi connectivity index (χ1n) is 15.1. The summed E-state index contributed by atoms with van der Waals surface area (Å²) in [7, 11) is 0. The lowest BCUT2D eigenvalue weighted by Gasteiger charge is -2.13. The fraction of sp³-hybridized carbons (Fsp3) is 0.333. The summed E-state index contributed by atoms with van der Waals surface area (Å²) in [6.07, 6.45) is 11.6. The van der Waals surface area contributed by atoms with E-state index >= 15 is 0 Å². The van der Waals surface area contributed by atoms with Gasteiger partial charge in [-0.15, -0.1) is 35.3 Å². The van der Waals surface area contributed by atoms with Gasteiger partial charge in [0.2, 0.25) is 0 Å². The summed E-state index contributed by atoms with van der Waals surface area (Å²) in [5.41, 5.74) is 9.37. The number of benzene rings is 1. The van der Waals surface area contributed by atoms with Crippen molar-refractivity contribution in [2.24, 2.45) is 15.0 Å². The fourth-order valence-electron chi connectivity index (χ4n) is 5.47. The van der Waals surface area contributed by atoms with Gasteiger partial charge in [0.15, 0.2) is 0 Å². The maximum absolute atomic E-state index is 4.97. The number of hydrogen-bond donors (Lipinski definition) is 0. The molecule has 0 atom stereocenters. The first kappa shape index (κ1) is 30.4. The second-order valence-electron chi connectivity index (χ2n) is 13.7. The second kappa shape index (κ2) is 11.5. The van der Waals surface area contributed by atoms with Gasteiger partial charge in [0.25, 0.3) is 0 Å². The molecule has 6 heterocycles. The summed E-state index contributed by atoms with van der Waals surface area (Å²) < 4.78 is 0. The van der Waals surface area contributed by atoms with Crippen LogP contribution in [0.5, 0.6) is 0 Å².